The van der Waals surface area contributed by atoms with Gasteiger partial charge in [-0.05, 0) is 11.6 Å². The van der Waals surface area contributed by atoms with Gasteiger partial charge in [0.2, 0.25) is 5.88 Å². The average molecular weight is 336 g/mol. The number of halogens is 4. The van der Waals surface area contributed by atoms with Gasteiger partial charge < -0.3 is 4.74 Å². The molecule has 4 nitrogen and oxygen atoms in total. The van der Waals surface area contributed by atoms with Gasteiger partial charge in [-0.25, -0.2) is 4.98 Å². The van der Waals surface area contributed by atoms with Crippen LogP contribution in [0.4, 0.5) is 13.2 Å². The predicted molar refractivity (Wildman–Crippen MR) is 65.5 cm³/mol. The zero-order valence-electron chi connectivity index (χ0n) is 9.78. The Hall–Kier alpha value is -1.57. The summed E-state index contributed by atoms with van der Waals surface area (Å²) in [6.07, 6.45) is -2.97. The lowest BCUT2D eigenvalue weighted by Gasteiger charge is -2.05. The first-order valence-electron chi connectivity index (χ1n) is 5.18. The highest BCUT2D eigenvalue weighted by Crippen LogP contribution is 2.31. The molecular weight excluding hydrogens is 327 g/mol. The fraction of sp³-hybridized carbons (Fsp3) is 0.273. The Bertz CT molecular complexity index is 566. The van der Waals surface area contributed by atoms with Crippen LogP contribution in [-0.4, -0.2) is 21.9 Å². The summed E-state index contributed by atoms with van der Waals surface area (Å²) in [6.45, 7) is 0. The summed E-state index contributed by atoms with van der Waals surface area (Å²) in [5.41, 5.74) is -0.110. The maximum atomic E-state index is 12.6. The number of rotatable bonds is 3. The van der Waals surface area contributed by atoms with Gasteiger partial charge in [-0.1, -0.05) is 22.0 Å². The predicted octanol–water partition coefficient (Wildman–Crippen LogP) is 3.19. The zero-order valence-corrected chi connectivity index (χ0v) is 11.4. The van der Waals surface area contributed by atoms with Crippen molar-refractivity contribution in [3.05, 3.63) is 35.7 Å². The molecule has 0 aliphatic rings. The summed E-state index contributed by atoms with van der Waals surface area (Å²) < 4.78 is 43.7. The van der Waals surface area contributed by atoms with Crippen LogP contribution in [0.25, 0.3) is 5.82 Å². The van der Waals surface area contributed by atoms with Gasteiger partial charge in [-0.2, -0.15) is 23.0 Å². The number of alkyl halides is 4. The van der Waals surface area contributed by atoms with Crippen LogP contribution in [-0.2, 0) is 11.5 Å². The van der Waals surface area contributed by atoms with E-state index in [1.165, 1.54) is 7.11 Å². The summed E-state index contributed by atoms with van der Waals surface area (Å²) in [5.74, 6) is 0.239. The van der Waals surface area contributed by atoms with Crippen molar-refractivity contribution in [1.82, 2.24) is 14.8 Å². The summed E-state index contributed by atoms with van der Waals surface area (Å²) in [5, 5.41) is 4.09. The second-order valence-corrected chi connectivity index (χ2v) is 4.20. The number of methoxy groups -OCH3 is 1. The SMILES string of the molecule is COc1cc(C(F)(F)F)nn1-c1ccc(CBr)cn1. The van der Waals surface area contributed by atoms with Crippen LogP contribution in [0.15, 0.2) is 24.4 Å². The fourth-order valence-electron chi connectivity index (χ4n) is 1.43. The Kier molecular flexibility index (Phi) is 3.79. The monoisotopic (exact) mass is 335 g/mol. The maximum absolute atomic E-state index is 12.6. The van der Waals surface area contributed by atoms with Crippen LogP contribution in [0, 0.1) is 0 Å². The number of pyridine rings is 1. The third-order valence-electron chi connectivity index (χ3n) is 2.36. The Morgan fingerprint density at radius 1 is 1.37 bits per heavy atom. The molecule has 0 saturated heterocycles. The standard InChI is InChI=1S/C11H9BrF3N3O/c1-19-10-4-8(11(13,14)15)17-18(10)9-3-2-7(5-12)6-16-9/h2-4,6H,5H2,1H3. The molecule has 0 unspecified atom stereocenters. The smallest absolute Gasteiger partial charge is 0.435 e. The lowest BCUT2D eigenvalue weighted by Crippen LogP contribution is -2.08. The van der Waals surface area contributed by atoms with Crippen molar-refractivity contribution in [1.29, 1.82) is 0 Å². The molecule has 0 fully saturated rings. The molecule has 0 aliphatic carbocycles. The van der Waals surface area contributed by atoms with E-state index in [2.05, 4.69) is 26.0 Å². The van der Waals surface area contributed by atoms with Crippen LogP contribution in [0.3, 0.4) is 0 Å². The van der Waals surface area contributed by atoms with Crippen LogP contribution in [0.5, 0.6) is 5.88 Å². The number of aromatic nitrogens is 3. The van der Waals surface area contributed by atoms with E-state index in [1.807, 2.05) is 0 Å². The normalized spacial score (nSPS) is 11.6. The fourth-order valence-corrected chi connectivity index (χ4v) is 1.76. The van der Waals surface area contributed by atoms with Crippen molar-refractivity contribution in [2.45, 2.75) is 11.5 Å². The Morgan fingerprint density at radius 2 is 2.11 bits per heavy atom. The molecule has 2 rings (SSSR count). The van der Waals surface area contributed by atoms with Gasteiger partial charge in [0.05, 0.1) is 7.11 Å². The van der Waals surface area contributed by atoms with Gasteiger partial charge >= 0.3 is 6.18 Å². The van der Waals surface area contributed by atoms with Gasteiger partial charge in [0.25, 0.3) is 0 Å². The van der Waals surface area contributed by atoms with E-state index in [-0.39, 0.29) is 11.7 Å². The quantitative estimate of drug-likeness (QED) is 0.809. The molecule has 0 aliphatic heterocycles. The minimum atomic E-state index is -4.52. The number of hydrogen-bond acceptors (Lipinski definition) is 3. The largest absolute Gasteiger partial charge is 0.481 e. The van der Waals surface area contributed by atoms with E-state index in [1.54, 1.807) is 18.3 Å². The third-order valence-corrected chi connectivity index (χ3v) is 3.00. The van der Waals surface area contributed by atoms with Crippen molar-refractivity contribution < 1.29 is 17.9 Å². The summed E-state index contributed by atoms with van der Waals surface area (Å²) >= 11 is 3.26. The van der Waals surface area contributed by atoms with Gasteiger partial charge in [-0.15, -0.1) is 0 Å². The van der Waals surface area contributed by atoms with E-state index < -0.39 is 11.9 Å². The lowest BCUT2D eigenvalue weighted by atomic mass is 10.3. The molecule has 0 spiro atoms. The maximum Gasteiger partial charge on any atom is 0.435 e. The minimum absolute atomic E-state index is 0.0218. The highest BCUT2D eigenvalue weighted by atomic mass is 79.9. The van der Waals surface area contributed by atoms with E-state index in [9.17, 15) is 13.2 Å². The summed E-state index contributed by atoms with van der Waals surface area (Å²) in [6, 6.07) is 4.15. The second-order valence-electron chi connectivity index (χ2n) is 3.64. The topological polar surface area (TPSA) is 39.9 Å². The first-order valence-corrected chi connectivity index (χ1v) is 6.30. The zero-order chi connectivity index (χ0) is 14.0. The van der Waals surface area contributed by atoms with Gasteiger partial charge in [0.15, 0.2) is 11.5 Å². The Morgan fingerprint density at radius 3 is 2.58 bits per heavy atom. The van der Waals surface area contributed by atoms with Crippen molar-refractivity contribution >= 4 is 15.9 Å². The molecule has 2 aromatic heterocycles. The van der Waals surface area contributed by atoms with Crippen molar-refractivity contribution in [3.63, 3.8) is 0 Å². The third kappa shape index (κ3) is 2.89. The molecule has 0 bridgehead atoms. The number of ether oxygens (including phenoxy) is 1. The summed E-state index contributed by atoms with van der Waals surface area (Å²) in [7, 11) is 1.28. The Labute approximate surface area is 115 Å². The molecule has 0 saturated carbocycles. The molecule has 0 radical (unpaired) electrons. The highest BCUT2D eigenvalue weighted by molar-refractivity contribution is 9.08. The summed E-state index contributed by atoms with van der Waals surface area (Å²) in [4.78, 5) is 4.05. The minimum Gasteiger partial charge on any atom is -0.481 e. The van der Waals surface area contributed by atoms with Crippen molar-refractivity contribution in [2.24, 2.45) is 0 Å². The van der Waals surface area contributed by atoms with Crippen LogP contribution >= 0.6 is 15.9 Å². The first kappa shape index (κ1) is 13.9. The molecule has 0 atom stereocenters. The van der Waals surface area contributed by atoms with Gasteiger partial charge in [0, 0.05) is 17.6 Å². The average Bonchev–Trinajstić information content (AvgIpc) is 2.83. The van der Waals surface area contributed by atoms with Gasteiger partial charge in [-0.3, -0.25) is 0 Å². The van der Waals surface area contributed by atoms with E-state index in [4.69, 9.17) is 4.74 Å². The van der Waals surface area contributed by atoms with Crippen LogP contribution in [0.1, 0.15) is 11.3 Å². The number of hydrogen-bond donors (Lipinski definition) is 0. The molecule has 8 heteroatoms. The lowest BCUT2D eigenvalue weighted by molar-refractivity contribution is -0.141. The number of nitrogens with zero attached hydrogens (tertiary/aromatic N) is 3. The van der Waals surface area contributed by atoms with Crippen LogP contribution in [0.2, 0.25) is 0 Å². The molecular formula is C11H9BrF3N3O. The molecule has 0 aromatic carbocycles. The molecule has 19 heavy (non-hydrogen) atoms. The molecule has 0 N–H and O–H groups in total. The van der Waals surface area contributed by atoms with Crippen molar-refractivity contribution in [2.75, 3.05) is 7.11 Å². The second kappa shape index (κ2) is 5.20. The van der Waals surface area contributed by atoms with Crippen LogP contribution < -0.4 is 4.74 Å². The molecule has 2 heterocycles. The van der Waals surface area contributed by atoms with E-state index >= 15 is 0 Å². The van der Waals surface area contributed by atoms with Crippen molar-refractivity contribution in [3.8, 4) is 11.7 Å². The Balaban J connectivity index is 2.45. The first-order chi connectivity index (χ1) is 8.95. The van der Waals surface area contributed by atoms with Gasteiger partial charge in [0.1, 0.15) is 0 Å². The van der Waals surface area contributed by atoms with E-state index in [0.29, 0.717) is 5.33 Å². The molecule has 2 aromatic rings. The molecule has 0 amide bonds. The highest BCUT2D eigenvalue weighted by Gasteiger charge is 2.35. The van der Waals surface area contributed by atoms with E-state index in [0.717, 1.165) is 16.3 Å². The molecule has 102 valence electrons.